The second-order valence-corrected chi connectivity index (χ2v) is 6.52. The third-order valence-corrected chi connectivity index (χ3v) is 4.66. The molecule has 0 spiro atoms. The van der Waals surface area contributed by atoms with Gasteiger partial charge in [0.15, 0.2) is 0 Å². The molecule has 1 fully saturated rings. The van der Waals surface area contributed by atoms with Gasteiger partial charge in [0.2, 0.25) is 0 Å². The van der Waals surface area contributed by atoms with Crippen LogP contribution in [-0.2, 0) is 0 Å². The monoisotopic (exact) mass is 254 g/mol. The van der Waals surface area contributed by atoms with Gasteiger partial charge in [-0.15, -0.1) is 0 Å². The summed E-state index contributed by atoms with van der Waals surface area (Å²) in [5.41, 5.74) is 5.80. The Morgan fingerprint density at radius 1 is 1.11 bits per heavy atom. The summed E-state index contributed by atoms with van der Waals surface area (Å²) in [6.07, 6.45) is 10.0. The van der Waals surface area contributed by atoms with Crippen molar-refractivity contribution < 1.29 is 0 Å². The van der Waals surface area contributed by atoms with Gasteiger partial charge >= 0.3 is 0 Å². The van der Waals surface area contributed by atoms with Crippen LogP contribution in [0.5, 0.6) is 0 Å². The van der Waals surface area contributed by atoms with E-state index < -0.39 is 0 Å². The lowest BCUT2D eigenvalue weighted by Gasteiger charge is -2.30. The highest BCUT2D eigenvalue weighted by atomic mass is 14.9. The van der Waals surface area contributed by atoms with Crippen LogP contribution in [0.4, 0.5) is 0 Å². The van der Waals surface area contributed by atoms with Gasteiger partial charge in [-0.2, -0.15) is 0 Å². The molecule has 1 aliphatic rings. The molecular weight excluding hydrogens is 220 g/mol. The van der Waals surface area contributed by atoms with E-state index in [9.17, 15) is 0 Å². The minimum atomic E-state index is 0.503. The second kappa shape index (κ2) is 8.92. The average Bonchev–Trinajstić information content (AvgIpc) is 2.38. The van der Waals surface area contributed by atoms with Crippen LogP contribution in [0.3, 0.4) is 0 Å². The van der Waals surface area contributed by atoms with Gasteiger partial charge in [0.05, 0.1) is 0 Å². The number of unbranched alkanes of at least 4 members (excludes halogenated alkanes) is 1. The van der Waals surface area contributed by atoms with Crippen molar-refractivity contribution >= 4 is 0 Å². The molecule has 2 heteroatoms. The quantitative estimate of drug-likeness (QED) is 0.695. The van der Waals surface area contributed by atoms with Crippen LogP contribution in [0, 0.1) is 17.8 Å². The average molecular weight is 254 g/mol. The van der Waals surface area contributed by atoms with E-state index in [1.807, 2.05) is 0 Å². The SMILES string of the molecule is CCCCC1CCC(CNC(CN)C(C)C)CC1. The van der Waals surface area contributed by atoms with Gasteiger partial charge in [-0.1, -0.05) is 52.9 Å². The van der Waals surface area contributed by atoms with Gasteiger partial charge in [0.25, 0.3) is 0 Å². The summed E-state index contributed by atoms with van der Waals surface area (Å²) in [5, 5.41) is 3.67. The molecule has 0 saturated heterocycles. The van der Waals surface area contributed by atoms with Gasteiger partial charge in [0, 0.05) is 12.6 Å². The number of rotatable bonds is 8. The summed E-state index contributed by atoms with van der Waals surface area (Å²) in [7, 11) is 0. The zero-order valence-corrected chi connectivity index (χ0v) is 12.8. The van der Waals surface area contributed by atoms with Gasteiger partial charge in [-0.3, -0.25) is 0 Å². The highest BCUT2D eigenvalue weighted by molar-refractivity contribution is 4.77. The summed E-state index contributed by atoms with van der Waals surface area (Å²) in [4.78, 5) is 0. The lowest BCUT2D eigenvalue weighted by molar-refractivity contribution is 0.242. The van der Waals surface area contributed by atoms with Gasteiger partial charge in [-0.05, 0) is 37.1 Å². The fourth-order valence-electron chi connectivity index (χ4n) is 3.13. The normalized spacial score (nSPS) is 26.5. The van der Waals surface area contributed by atoms with E-state index in [2.05, 4.69) is 26.1 Å². The van der Waals surface area contributed by atoms with Crippen LogP contribution in [0.25, 0.3) is 0 Å². The molecule has 0 aromatic heterocycles. The van der Waals surface area contributed by atoms with Gasteiger partial charge < -0.3 is 11.1 Å². The molecule has 18 heavy (non-hydrogen) atoms. The largest absolute Gasteiger partial charge is 0.329 e. The maximum Gasteiger partial charge on any atom is 0.0213 e. The molecule has 0 heterocycles. The standard InChI is InChI=1S/C16H34N2/c1-4-5-6-14-7-9-15(10-8-14)12-18-16(11-17)13(2)3/h13-16,18H,4-12,17H2,1-3H3. The molecule has 108 valence electrons. The first kappa shape index (κ1) is 16.0. The van der Waals surface area contributed by atoms with E-state index in [1.54, 1.807) is 0 Å². The molecule has 1 saturated carbocycles. The summed E-state index contributed by atoms with van der Waals surface area (Å²) >= 11 is 0. The van der Waals surface area contributed by atoms with Crippen molar-refractivity contribution in [2.75, 3.05) is 13.1 Å². The molecule has 0 aromatic carbocycles. The van der Waals surface area contributed by atoms with E-state index in [0.717, 1.165) is 18.4 Å². The first-order chi connectivity index (χ1) is 8.67. The smallest absolute Gasteiger partial charge is 0.0213 e. The summed E-state index contributed by atoms with van der Waals surface area (Å²) in [6, 6.07) is 0.503. The number of hydrogen-bond donors (Lipinski definition) is 2. The second-order valence-electron chi connectivity index (χ2n) is 6.52. The van der Waals surface area contributed by atoms with E-state index in [0.29, 0.717) is 12.0 Å². The van der Waals surface area contributed by atoms with Gasteiger partial charge in [-0.25, -0.2) is 0 Å². The molecule has 1 aliphatic carbocycles. The Kier molecular flexibility index (Phi) is 7.92. The topological polar surface area (TPSA) is 38.0 Å². The van der Waals surface area contributed by atoms with E-state index in [1.165, 1.54) is 51.5 Å². The predicted molar refractivity (Wildman–Crippen MR) is 80.7 cm³/mol. The number of nitrogens with two attached hydrogens (primary N) is 1. The molecule has 0 aromatic rings. The highest BCUT2D eigenvalue weighted by Gasteiger charge is 2.21. The van der Waals surface area contributed by atoms with Crippen LogP contribution in [0.15, 0.2) is 0 Å². The van der Waals surface area contributed by atoms with Crippen molar-refractivity contribution in [3.63, 3.8) is 0 Å². The molecule has 3 N–H and O–H groups in total. The Bertz CT molecular complexity index is 195. The van der Waals surface area contributed by atoms with E-state index in [-0.39, 0.29) is 0 Å². The summed E-state index contributed by atoms with van der Waals surface area (Å²) in [5.74, 6) is 2.57. The lowest BCUT2D eigenvalue weighted by Crippen LogP contribution is -2.42. The molecule has 0 amide bonds. The Hall–Kier alpha value is -0.0800. The third kappa shape index (κ3) is 5.71. The Morgan fingerprint density at radius 2 is 1.72 bits per heavy atom. The molecule has 1 atom stereocenters. The van der Waals surface area contributed by atoms with E-state index in [4.69, 9.17) is 5.73 Å². The Balaban J connectivity index is 2.15. The van der Waals surface area contributed by atoms with Crippen LogP contribution in [0.1, 0.15) is 65.7 Å². The minimum absolute atomic E-state index is 0.503. The van der Waals surface area contributed by atoms with Crippen LogP contribution >= 0.6 is 0 Å². The van der Waals surface area contributed by atoms with Gasteiger partial charge in [0.1, 0.15) is 0 Å². The predicted octanol–water partition coefficient (Wildman–Crippen LogP) is 3.56. The molecular formula is C16H34N2. The summed E-state index contributed by atoms with van der Waals surface area (Å²) < 4.78 is 0. The number of nitrogens with one attached hydrogen (secondary N) is 1. The van der Waals surface area contributed by atoms with Crippen LogP contribution in [0.2, 0.25) is 0 Å². The fraction of sp³-hybridized carbons (Fsp3) is 1.00. The minimum Gasteiger partial charge on any atom is -0.329 e. The highest BCUT2D eigenvalue weighted by Crippen LogP contribution is 2.31. The summed E-state index contributed by atoms with van der Waals surface area (Å²) in [6.45, 7) is 8.76. The van der Waals surface area contributed by atoms with Crippen molar-refractivity contribution in [3.05, 3.63) is 0 Å². The molecule has 0 aliphatic heterocycles. The van der Waals surface area contributed by atoms with Crippen molar-refractivity contribution in [1.29, 1.82) is 0 Å². The van der Waals surface area contributed by atoms with Crippen molar-refractivity contribution in [2.45, 2.75) is 71.8 Å². The van der Waals surface area contributed by atoms with Crippen molar-refractivity contribution in [3.8, 4) is 0 Å². The number of hydrogen-bond acceptors (Lipinski definition) is 2. The zero-order valence-electron chi connectivity index (χ0n) is 12.8. The van der Waals surface area contributed by atoms with Crippen LogP contribution < -0.4 is 11.1 Å². The zero-order chi connectivity index (χ0) is 13.4. The Labute approximate surface area is 114 Å². The molecule has 2 nitrogen and oxygen atoms in total. The molecule has 1 rings (SSSR count). The fourth-order valence-corrected chi connectivity index (χ4v) is 3.13. The molecule has 0 bridgehead atoms. The van der Waals surface area contributed by atoms with Crippen molar-refractivity contribution in [2.24, 2.45) is 23.5 Å². The molecule has 0 radical (unpaired) electrons. The van der Waals surface area contributed by atoms with E-state index >= 15 is 0 Å². The first-order valence-corrected chi connectivity index (χ1v) is 8.10. The molecule has 1 unspecified atom stereocenters. The maximum absolute atomic E-state index is 5.80. The maximum atomic E-state index is 5.80. The lowest BCUT2D eigenvalue weighted by atomic mass is 9.79. The first-order valence-electron chi connectivity index (χ1n) is 8.10. The van der Waals surface area contributed by atoms with Crippen LogP contribution in [-0.4, -0.2) is 19.1 Å². The Morgan fingerprint density at radius 3 is 2.22 bits per heavy atom. The van der Waals surface area contributed by atoms with Crippen molar-refractivity contribution in [1.82, 2.24) is 5.32 Å². The third-order valence-electron chi connectivity index (χ3n) is 4.66.